The second-order valence-electron chi connectivity index (χ2n) is 5.55. The molecule has 0 amide bonds. The molecule has 0 aliphatic carbocycles. The zero-order valence-corrected chi connectivity index (χ0v) is 10.4. The van der Waals surface area contributed by atoms with Crippen LogP contribution in [-0.2, 0) is 6.42 Å². The lowest BCUT2D eigenvalue weighted by Crippen LogP contribution is -2.54. The number of hydrogen-bond acceptors (Lipinski definition) is 3. The minimum atomic E-state index is 0.323. The molecule has 3 nitrogen and oxygen atoms in total. The standard InChI is InChI=1S/C14H20N2O/c1-14(8-15-9-14)10-17-12-5-4-11-3-2-6-16-13(11)7-12/h4-5,7,15-16H,2-3,6,8-10H2,1H3. The highest BCUT2D eigenvalue weighted by atomic mass is 16.5. The smallest absolute Gasteiger partial charge is 0.121 e. The maximum atomic E-state index is 5.90. The van der Waals surface area contributed by atoms with E-state index < -0.39 is 0 Å². The summed E-state index contributed by atoms with van der Waals surface area (Å²) in [6.07, 6.45) is 2.42. The molecule has 2 aliphatic heterocycles. The summed E-state index contributed by atoms with van der Waals surface area (Å²) < 4.78 is 5.90. The monoisotopic (exact) mass is 232 g/mol. The van der Waals surface area contributed by atoms with Gasteiger partial charge < -0.3 is 15.4 Å². The third kappa shape index (κ3) is 2.25. The second kappa shape index (κ2) is 4.22. The van der Waals surface area contributed by atoms with E-state index in [1.807, 2.05) is 0 Å². The molecule has 0 saturated carbocycles. The molecule has 1 aromatic carbocycles. The fraction of sp³-hybridized carbons (Fsp3) is 0.571. The number of anilines is 1. The number of benzene rings is 1. The highest BCUT2D eigenvalue weighted by molar-refractivity contribution is 5.56. The van der Waals surface area contributed by atoms with Crippen LogP contribution in [-0.4, -0.2) is 26.2 Å². The summed E-state index contributed by atoms with van der Waals surface area (Å²) in [5.41, 5.74) is 2.99. The van der Waals surface area contributed by atoms with Gasteiger partial charge in [0.2, 0.25) is 0 Å². The molecule has 2 N–H and O–H groups in total. The molecule has 17 heavy (non-hydrogen) atoms. The molecule has 0 radical (unpaired) electrons. The van der Waals surface area contributed by atoms with Crippen LogP contribution in [0.2, 0.25) is 0 Å². The molecule has 0 spiro atoms. The van der Waals surface area contributed by atoms with E-state index in [4.69, 9.17) is 4.74 Å². The Morgan fingerprint density at radius 1 is 1.35 bits per heavy atom. The van der Waals surface area contributed by atoms with Gasteiger partial charge in [-0.05, 0) is 24.5 Å². The average molecular weight is 232 g/mol. The van der Waals surface area contributed by atoms with Gasteiger partial charge in [0.1, 0.15) is 5.75 Å². The van der Waals surface area contributed by atoms with Gasteiger partial charge in [0.15, 0.2) is 0 Å². The second-order valence-corrected chi connectivity index (χ2v) is 5.55. The maximum absolute atomic E-state index is 5.90. The van der Waals surface area contributed by atoms with Crippen molar-refractivity contribution in [3.8, 4) is 5.75 Å². The van der Waals surface area contributed by atoms with Gasteiger partial charge in [0.25, 0.3) is 0 Å². The van der Waals surface area contributed by atoms with Gasteiger partial charge in [0.05, 0.1) is 6.61 Å². The van der Waals surface area contributed by atoms with Crippen molar-refractivity contribution in [1.29, 1.82) is 0 Å². The Morgan fingerprint density at radius 3 is 3.00 bits per heavy atom. The zero-order chi connectivity index (χ0) is 11.7. The van der Waals surface area contributed by atoms with Gasteiger partial charge in [-0.15, -0.1) is 0 Å². The molecule has 2 heterocycles. The molecule has 1 fully saturated rings. The molecule has 0 aromatic heterocycles. The van der Waals surface area contributed by atoms with Crippen LogP contribution in [0.5, 0.6) is 5.75 Å². The van der Waals surface area contributed by atoms with E-state index in [0.717, 1.165) is 32.0 Å². The normalized spacial score (nSPS) is 21.0. The van der Waals surface area contributed by atoms with E-state index in [0.29, 0.717) is 5.41 Å². The Balaban J connectivity index is 1.67. The molecule has 1 saturated heterocycles. The summed E-state index contributed by atoms with van der Waals surface area (Å²) in [6.45, 7) is 6.28. The van der Waals surface area contributed by atoms with E-state index in [1.165, 1.54) is 24.1 Å². The highest BCUT2D eigenvalue weighted by Crippen LogP contribution is 2.28. The lowest BCUT2D eigenvalue weighted by atomic mass is 9.85. The van der Waals surface area contributed by atoms with Crippen molar-refractivity contribution < 1.29 is 4.74 Å². The molecule has 2 aliphatic rings. The number of nitrogens with one attached hydrogen (secondary N) is 2. The molecule has 0 atom stereocenters. The number of hydrogen-bond donors (Lipinski definition) is 2. The first-order valence-corrected chi connectivity index (χ1v) is 6.46. The van der Waals surface area contributed by atoms with Crippen molar-refractivity contribution in [3.63, 3.8) is 0 Å². The van der Waals surface area contributed by atoms with Crippen molar-refractivity contribution in [2.75, 3.05) is 31.6 Å². The number of ether oxygens (including phenoxy) is 1. The predicted octanol–water partition coefficient (Wildman–Crippen LogP) is 2.03. The minimum Gasteiger partial charge on any atom is -0.493 e. The lowest BCUT2D eigenvalue weighted by Gasteiger charge is -2.38. The molecule has 92 valence electrons. The molecule has 0 bridgehead atoms. The number of fused-ring (bicyclic) bond motifs is 1. The van der Waals surface area contributed by atoms with Gasteiger partial charge in [-0.25, -0.2) is 0 Å². The largest absolute Gasteiger partial charge is 0.493 e. The fourth-order valence-corrected chi connectivity index (χ4v) is 2.44. The van der Waals surface area contributed by atoms with Gasteiger partial charge >= 0.3 is 0 Å². The van der Waals surface area contributed by atoms with Gasteiger partial charge in [0, 0.05) is 36.8 Å². The average Bonchev–Trinajstić information content (AvgIpc) is 2.34. The third-order valence-corrected chi connectivity index (χ3v) is 3.71. The van der Waals surface area contributed by atoms with E-state index >= 15 is 0 Å². The Bertz CT molecular complexity index is 413. The van der Waals surface area contributed by atoms with Crippen LogP contribution in [0.4, 0.5) is 5.69 Å². The van der Waals surface area contributed by atoms with Crippen LogP contribution < -0.4 is 15.4 Å². The van der Waals surface area contributed by atoms with Crippen molar-refractivity contribution in [3.05, 3.63) is 23.8 Å². The van der Waals surface area contributed by atoms with E-state index in [2.05, 4.69) is 35.8 Å². The Morgan fingerprint density at radius 2 is 2.24 bits per heavy atom. The summed E-state index contributed by atoms with van der Waals surface area (Å²) in [6, 6.07) is 6.43. The first kappa shape index (κ1) is 10.9. The molecular weight excluding hydrogens is 212 g/mol. The molecule has 3 rings (SSSR count). The maximum Gasteiger partial charge on any atom is 0.121 e. The Labute approximate surface area is 103 Å². The van der Waals surface area contributed by atoms with Gasteiger partial charge in [-0.2, -0.15) is 0 Å². The van der Waals surface area contributed by atoms with Gasteiger partial charge in [-0.1, -0.05) is 13.0 Å². The Hall–Kier alpha value is -1.22. The number of rotatable bonds is 3. The molecular formula is C14H20N2O. The number of aryl methyl sites for hydroxylation is 1. The summed E-state index contributed by atoms with van der Waals surface area (Å²) in [5, 5.41) is 6.73. The molecule has 0 unspecified atom stereocenters. The van der Waals surface area contributed by atoms with E-state index in [9.17, 15) is 0 Å². The SMILES string of the molecule is CC1(COc2ccc3c(c2)NCCC3)CNC1. The topological polar surface area (TPSA) is 33.3 Å². The first-order chi connectivity index (χ1) is 8.25. The third-order valence-electron chi connectivity index (χ3n) is 3.71. The quantitative estimate of drug-likeness (QED) is 0.836. The van der Waals surface area contributed by atoms with Crippen LogP contribution in [0, 0.1) is 5.41 Å². The summed E-state index contributed by atoms with van der Waals surface area (Å²) in [7, 11) is 0. The first-order valence-electron chi connectivity index (χ1n) is 6.46. The van der Waals surface area contributed by atoms with Crippen LogP contribution in [0.1, 0.15) is 18.9 Å². The van der Waals surface area contributed by atoms with Crippen molar-refractivity contribution in [2.45, 2.75) is 19.8 Å². The minimum absolute atomic E-state index is 0.323. The van der Waals surface area contributed by atoms with Gasteiger partial charge in [-0.3, -0.25) is 0 Å². The zero-order valence-electron chi connectivity index (χ0n) is 10.4. The fourth-order valence-electron chi connectivity index (χ4n) is 2.44. The summed E-state index contributed by atoms with van der Waals surface area (Å²) >= 11 is 0. The summed E-state index contributed by atoms with van der Waals surface area (Å²) in [4.78, 5) is 0. The Kier molecular flexibility index (Phi) is 2.71. The van der Waals surface area contributed by atoms with Crippen LogP contribution in [0.25, 0.3) is 0 Å². The van der Waals surface area contributed by atoms with Crippen molar-refractivity contribution in [1.82, 2.24) is 5.32 Å². The van der Waals surface area contributed by atoms with E-state index in [-0.39, 0.29) is 0 Å². The van der Waals surface area contributed by atoms with Crippen LogP contribution in [0.3, 0.4) is 0 Å². The molecule has 1 aromatic rings. The van der Waals surface area contributed by atoms with Crippen molar-refractivity contribution >= 4 is 5.69 Å². The van der Waals surface area contributed by atoms with Crippen LogP contribution >= 0.6 is 0 Å². The highest BCUT2D eigenvalue weighted by Gasteiger charge is 2.32. The lowest BCUT2D eigenvalue weighted by molar-refractivity contribution is 0.102. The van der Waals surface area contributed by atoms with Crippen molar-refractivity contribution in [2.24, 2.45) is 5.41 Å². The summed E-state index contributed by atoms with van der Waals surface area (Å²) in [5.74, 6) is 0.992. The molecule has 3 heteroatoms. The predicted molar refractivity (Wildman–Crippen MR) is 69.7 cm³/mol. The van der Waals surface area contributed by atoms with Crippen LogP contribution in [0.15, 0.2) is 18.2 Å². The van der Waals surface area contributed by atoms with E-state index in [1.54, 1.807) is 0 Å².